The van der Waals surface area contributed by atoms with Crippen molar-refractivity contribution in [3.63, 3.8) is 0 Å². The number of pyridine rings is 2. The van der Waals surface area contributed by atoms with Gasteiger partial charge in [0.2, 0.25) is 0 Å². The van der Waals surface area contributed by atoms with Crippen molar-refractivity contribution in [1.82, 2.24) is 20.3 Å². The van der Waals surface area contributed by atoms with Gasteiger partial charge in [0.25, 0.3) is 0 Å². The Labute approximate surface area is 198 Å². The second-order valence-corrected chi connectivity index (χ2v) is 7.85. The fourth-order valence-corrected chi connectivity index (χ4v) is 3.27. The van der Waals surface area contributed by atoms with E-state index in [9.17, 15) is 5.11 Å². The fraction of sp³-hybridized carbons (Fsp3) is 0.208. The number of nitrogens with zero attached hydrogens (tertiary/aromatic N) is 5. The molecule has 9 heteroatoms. The summed E-state index contributed by atoms with van der Waals surface area (Å²) in [6.07, 6.45) is 6.75. The van der Waals surface area contributed by atoms with Crippen LogP contribution in [0.15, 0.2) is 71.0 Å². The van der Waals surface area contributed by atoms with E-state index in [0.717, 1.165) is 17.0 Å². The van der Waals surface area contributed by atoms with Crippen LogP contribution >= 0.6 is 12.2 Å². The third-order valence-corrected chi connectivity index (χ3v) is 4.78. The zero-order valence-electron chi connectivity index (χ0n) is 18.4. The van der Waals surface area contributed by atoms with Gasteiger partial charge in [-0.1, -0.05) is 12.1 Å². The first kappa shape index (κ1) is 24.0. The topological polar surface area (TPSA) is 112 Å². The minimum Gasteiger partial charge on any atom is -0.507 e. The number of aromatic nitrogens is 2. The van der Waals surface area contributed by atoms with Gasteiger partial charge in [-0.25, -0.2) is 0 Å². The van der Waals surface area contributed by atoms with Gasteiger partial charge in [-0.2, -0.15) is 5.10 Å². The number of benzene rings is 1. The Bertz CT molecular complexity index is 1060. The standard InChI is InChI=1S/C24H27N7OS/c1-18-12-19(23(32)20(13-18)15-29-30-24(25)33)14-26-10-11-31(16-21-6-2-4-8-27-21)17-22-7-3-5-9-28-22/h2-9,12-15,32H,10-11,16-17H2,1H3,(H3,25,30,33). The number of thiocarbonyl (C=S) groups is 1. The Balaban J connectivity index is 1.67. The van der Waals surface area contributed by atoms with Crippen LogP contribution in [0.2, 0.25) is 0 Å². The normalized spacial score (nSPS) is 11.5. The molecule has 0 amide bonds. The average molecular weight is 462 g/mol. The zero-order valence-corrected chi connectivity index (χ0v) is 19.2. The summed E-state index contributed by atoms with van der Waals surface area (Å²) in [5.41, 5.74) is 12.0. The molecule has 3 aromatic rings. The van der Waals surface area contributed by atoms with Gasteiger partial charge in [0.15, 0.2) is 5.11 Å². The van der Waals surface area contributed by atoms with E-state index in [1.807, 2.05) is 55.5 Å². The van der Waals surface area contributed by atoms with E-state index in [1.54, 1.807) is 18.6 Å². The van der Waals surface area contributed by atoms with Crippen molar-refractivity contribution in [2.75, 3.05) is 13.1 Å². The molecule has 0 spiro atoms. The highest BCUT2D eigenvalue weighted by molar-refractivity contribution is 7.80. The number of phenolic OH excluding ortho intramolecular Hbond substituents is 1. The number of hydrazone groups is 1. The van der Waals surface area contributed by atoms with Crippen molar-refractivity contribution in [3.8, 4) is 5.75 Å². The van der Waals surface area contributed by atoms with E-state index in [4.69, 9.17) is 18.0 Å². The first-order valence-electron chi connectivity index (χ1n) is 10.5. The molecule has 4 N–H and O–H groups in total. The molecule has 2 heterocycles. The number of rotatable bonds is 10. The average Bonchev–Trinajstić information content (AvgIpc) is 2.80. The van der Waals surface area contributed by atoms with Crippen LogP contribution in [0.3, 0.4) is 0 Å². The molecule has 0 aliphatic heterocycles. The number of nitrogens with one attached hydrogen (secondary N) is 1. The van der Waals surface area contributed by atoms with Crippen LogP contribution in [-0.2, 0) is 13.1 Å². The van der Waals surface area contributed by atoms with E-state index in [2.05, 4.69) is 30.4 Å². The molecule has 0 unspecified atom stereocenters. The summed E-state index contributed by atoms with van der Waals surface area (Å²) in [4.78, 5) is 15.7. The number of hydrogen-bond acceptors (Lipinski definition) is 7. The van der Waals surface area contributed by atoms with E-state index in [0.29, 0.717) is 37.3 Å². The predicted octanol–water partition coefficient (Wildman–Crippen LogP) is 2.78. The summed E-state index contributed by atoms with van der Waals surface area (Å²) in [7, 11) is 0. The van der Waals surface area contributed by atoms with Crippen LogP contribution in [0, 0.1) is 6.92 Å². The van der Waals surface area contributed by atoms with Gasteiger partial charge in [-0.3, -0.25) is 25.3 Å². The van der Waals surface area contributed by atoms with Gasteiger partial charge in [0, 0.05) is 49.4 Å². The van der Waals surface area contributed by atoms with Crippen LogP contribution < -0.4 is 11.2 Å². The molecular weight excluding hydrogens is 434 g/mol. The molecule has 0 aliphatic rings. The highest BCUT2D eigenvalue weighted by Crippen LogP contribution is 2.22. The van der Waals surface area contributed by atoms with Crippen molar-refractivity contribution in [3.05, 3.63) is 89.0 Å². The van der Waals surface area contributed by atoms with Gasteiger partial charge >= 0.3 is 0 Å². The van der Waals surface area contributed by atoms with Crippen molar-refractivity contribution in [2.45, 2.75) is 20.0 Å². The second-order valence-electron chi connectivity index (χ2n) is 7.41. The van der Waals surface area contributed by atoms with E-state index in [1.165, 1.54) is 6.21 Å². The van der Waals surface area contributed by atoms with Gasteiger partial charge < -0.3 is 10.8 Å². The van der Waals surface area contributed by atoms with E-state index < -0.39 is 0 Å². The zero-order chi connectivity index (χ0) is 23.5. The lowest BCUT2D eigenvalue weighted by molar-refractivity contribution is 0.258. The molecule has 0 atom stereocenters. The fourth-order valence-electron chi connectivity index (χ4n) is 3.22. The monoisotopic (exact) mass is 461 g/mol. The van der Waals surface area contributed by atoms with Crippen LogP contribution in [-0.4, -0.2) is 50.6 Å². The molecule has 2 aromatic heterocycles. The number of aliphatic imine (C=N–C) groups is 1. The highest BCUT2D eigenvalue weighted by Gasteiger charge is 2.09. The molecule has 3 rings (SSSR count). The summed E-state index contributed by atoms with van der Waals surface area (Å²) in [5, 5.41) is 14.6. The Morgan fingerprint density at radius 2 is 1.67 bits per heavy atom. The smallest absolute Gasteiger partial charge is 0.184 e. The van der Waals surface area contributed by atoms with Crippen molar-refractivity contribution >= 4 is 29.8 Å². The number of aromatic hydroxyl groups is 1. The minimum atomic E-state index is 0.0566. The van der Waals surface area contributed by atoms with Crippen molar-refractivity contribution in [2.24, 2.45) is 15.8 Å². The van der Waals surface area contributed by atoms with Gasteiger partial charge in [-0.15, -0.1) is 0 Å². The lowest BCUT2D eigenvalue weighted by Crippen LogP contribution is -2.26. The number of aryl methyl sites for hydroxylation is 1. The van der Waals surface area contributed by atoms with E-state index >= 15 is 0 Å². The maximum atomic E-state index is 10.6. The maximum Gasteiger partial charge on any atom is 0.184 e. The molecule has 170 valence electrons. The molecular formula is C24H27N7OS. The molecule has 0 aliphatic carbocycles. The minimum absolute atomic E-state index is 0.0566. The number of nitrogens with two attached hydrogens (primary N) is 1. The van der Waals surface area contributed by atoms with Gasteiger partial charge in [0.05, 0.1) is 24.1 Å². The van der Waals surface area contributed by atoms with Crippen LogP contribution in [0.5, 0.6) is 5.75 Å². The molecule has 0 radical (unpaired) electrons. The summed E-state index contributed by atoms with van der Waals surface area (Å²) in [6, 6.07) is 15.5. The van der Waals surface area contributed by atoms with Crippen molar-refractivity contribution < 1.29 is 5.11 Å². The number of hydrogen-bond donors (Lipinski definition) is 3. The lowest BCUT2D eigenvalue weighted by Gasteiger charge is -2.20. The summed E-state index contributed by atoms with van der Waals surface area (Å²) >= 11 is 4.73. The Kier molecular flexibility index (Phi) is 8.98. The third-order valence-electron chi connectivity index (χ3n) is 4.69. The van der Waals surface area contributed by atoms with Gasteiger partial charge in [0.1, 0.15) is 5.75 Å². The van der Waals surface area contributed by atoms with Crippen LogP contribution in [0.4, 0.5) is 0 Å². The Hall–Kier alpha value is -3.69. The summed E-state index contributed by atoms with van der Waals surface area (Å²) in [6.45, 7) is 4.59. The SMILES string of the molecule is Cc1cc(C=NCCN(Cc2ccccn2)Cc2ccccn2)c(O)c(C=NNC(N)=S)c1. The largest absolute Gasteiger partial charge is 0.507 e. The predicted molar refractivity (Wildman–Crippen MR) is 135 cm³/mol. The molecule has 1 aromatic carbocycles. The summed E-state index contributed by atoms with van der Waals surface area (Å²) < 4.78 is 0. The molecule has 33 heavy (non-hydrogen) atoms. The lowest BCUT2D eigenvalue weighted by atomic mass is 10.1. The van der Waals surface area contributed by atoms with Gasteiger partial charge in [-0.05, 0) is 61.1 Å². The van der Waals surface area contributed by atoms with Crippen LogP contribution in [0.1, 0.15) is 28.1 Å². The maximum absolute atomic E-state index is 10.6. The summed E-state index contributed by atoms with van der Waals surface area (Å²) in [5.74, 6) is 0.0941. The Morgan fingerprint density at radius 1 is 1.06 bits per heavy atom. The van der Waals surface area contributed by atoms with E-state index in [-0.39, 0.29) is 10.9 Å². The molecule has 0 bridgehead atoms. The molecule has 8 nitrogen and oxygen atoms in total. The third kappa shape index (κ3) is 8.06. The second kappa shape index (κ2) is 12.4. The highest BCUT2D eigenvalue weighted by atomic mass is 32.1. The van der Waals surface area contributed by atoms with Crippen LogP contribution in [0.25, 0.3) is 0 Å². The first-order valence-corrected chi connectivity index (χ1v) is 10.9. The quantitative estimate of drug-likeness (QED) is 0.242. The molecule has 0 fully saturated rings. The number of phenols is 1. The molecule has 0 saturated carbocycles. The molecule has 0 saturated heterocycles. The first-order chi connectivity index (χ1) is 16.0. The Morgan fingerprint density at radius 3 is 2.21 bits per heavy atom. The van der Waals surface area contributed by atoms with Crippen molar-refractivity contribution in [1.29, 1.82) is 0 Å².